The Bertz CT molecular complexity index is 498. The molecule has 2 nitrogen and oxygen atoms in total. The Morgan fingerprint density at radius 3 is 2.75 bits per heavy atom. The van der Waals surface area contributed by atoms with Gasteiger partial charge in [-0.1, -0.05) is 19.8 Å². The highest BCUT2D eigenvalue weighted by molar-refractivity contribution is 6.00. The van der Waals surface area contributed by atoms with Crippen LogP contribution >= 0.6 is 0 Å². The fraction of sp³-hybridized carbons (Fsp3) is 0.588. The second-order valence-corrected chi connectivity index (χ2v) is 5.78. The third kappa shape index (κ3) is 3.02. The third-order valence-electron chi connectivity index (χ3n) is 4.31. The number of carbonyl (C=O) groups is 1. The molecule has 0 aliphatic carbocycles. The molecular weight excluding hydrogens is 253 g/mol. The Kier molecular flexibility index (Phi) is 4.79. The van der Waals surface area contributed by atoms with E-state index >= 15 is 0 Å². The molecule has 0 amide bonds. The Morgan fingerprint density at radius 1 is 1.35 bits per heavy atom. The van der Waals surface area contributed by atoms with E-state index in [4.69, 9.17) is 0 Å². The average Bonchev–Trinajstić information content (AvgIpc) is 2.66. The van der Waals surface area contributed by atoms with Crippen molar-refractivity contribution in [3.05, 3.63) is 29.1 Å². The van der Waals surface area contributed by atoms with Crippen LogP contribution in [-0.4, -0.2) is 18.4 Å². The summed E-state index contributed by atoms with van der Waals surface area (Å²) in [6.07, 6.45) is 5.84. The zero-order valence-corrected chi connectivity index (χ0v) is 12.7. The van der Waals surface area contributed by atoms with Gasteiger partial charge in [0.1, 0.15) is 5.82 Å². The summed E-state index contributed by atoms with van der Waals surface area (Å²) in [4.78, 5) is 14.2. The first-order chi connectivity index (χ1) is 9.54. The molecule has 110 valence electrons. The van der Waals surface area contributed by atoms with Crippen LogP contribution < -0.4 is 4.90 Å². The van der Waals surface area contributed by atoms with Gasteiger partial charge in [-0.25, -0.2) is 4.39 Å². The number of aryl methyl sites for hydroxylation is 1. The van der Waals surface area contributed by atoms with Gasteiger partial charge < -0.3 is 4.90 Å². The molecule has 0 radical (unpaired) electrons. The molecule has 1 aliphatic rings. The quantitative estimate of drug-likeness (QED) is 0.758. The Hall–Kier alpha value is -1.38. The van der Waals surface area contributed by atoms with Crippen LogP contribution in [-0.2, 0) is 0 Å². The van der Waals surface area contributed by atoms with Crippen molar-refractivity contribution in [3.8, 4) is 0 Å². The van der Waals surface area contributed by atoms with Gasteiger partial charge in [0.15, 0.2) is 5.78 Å². The molecule has 1 aromatic rings. The van der Waals surface area contributed by atoms with Gasteiger partial charge in [-0.15, -0.1) is 0 Å². The van der Waals surface area contributed by atoms with E-state index in [0.29, 0.717) is 17.2 Å². The Morgan fingerprint density at radius 2 is 2.10 bits per heavy atom. The molecule has 1 aromatic carbocycles. The maximum Gasteiger partial charge on any atom is 0.161 e. The van der Waals surface area contributed by atoms with Crippen LogP contribution in [0, 0.1) is 12.7 Å². The lowest BCUT2D eigenvalue weighted by molar-refractivity contribution is 0.101. The lowest BCUT2D eigenvalue weighted by Gasteiger charge is -2.33. The van der Waals surface area contributed by atoms with Crippen LogP contribution in [0.4, 0.5) is 10.1 Å². The van der Waals surface area contributed by atoms with E-state index in [2.05, 4.69) is 11.8 Å². The summed E-state index contributed by atoms with van der Waals surface area (Å²) in [5.74, 6) is -0.347. The second kappa shape index (κ2) is 6.38. The van der Waals surface area contributed by atoms with E-state index in [1.54, 1.807) is 6.92 Å². The fourth-order valence-corrected chi connectivity index (χ4v) is 3.10. The maximum absolute atomic E-state index is 13.8. The van der Waals surface area contributed by atoms with E-state index < -0.39 is 0 Å². The standard InChI is InChI=1S/C17H24FNO/c1-4-14-8-6-5-7-9-19(14)17-10-12(2)16(18)11-15(17)13(3)20/h10-11,14H,4-9H2,1-3H3. The van der Waals surface area contributed by atoms with Gasteiger partial charge in [-0.2, -0.15) is 0 Å². The highest BCUT2D eigenvalue weighted by atomic mass is 19.1. The minimum Gasteiger partial charge on any atom is -0.368 e. The lowest BCUT2D eigenvalue weighted by Crippen LogP contribution is -2.35. The number of nitrogens with zero attached hydrogens (tertiary/aromatic N) is 1. The average molecular weight is 277 g/mol. The number of carbonyl (C=O) groups excluding carboxylic acids is 1. The minimum absolute atomic E-state index is 0.0574. The van der Waals surface area contributed by atoms with Crippen LogP contribution in [0.2, 0.25) is 0 Å². The Labute approximate surface area is 121 Å². The van der Waals surface area contributed by atoms with Gasteiger partial charge in [0, 0.05) is 23.8 Å². The topological polar surface area (TPSA) is 20.3 Å². The number of halogens is 1. The van der Waals surface area contributed by atoms with Crippen LogP contribution in [0.3, 0.4) is 0 Å². The summed E-state index contributed by atoms with van der Waals surface area (Å²) >= 11 is 0. The predicted octanol–water partition coefficient (Wildman–Crippen LogP) is 4.50. The van der Waals surface area contributed by atoms with Gasteiger partial charge in [0.2, 0.25) is 0 Å². The summed E-state index contributed by atoms with van der Waals surface area (Å²) < 4.78 is 13.8. The van der Waals surface area contributed by atoms with E-state index in [-0.39, 0.29) is 11.6 Å². The van der Waals surface area contributed by atoms with Crippen molar-refractivity contribution in [1.82, 2.24) is 0 Å². The van der Waals surface area contributed by atoms with Gasteiger partial charge in [0.25, 0.3) is 0 Å². The largest absolute Gasteiger partial charge is 0.368 e. The first-order valence-electron chi connectivity index (χ1n) is 7.62. The lowest BCUT2D eigenvalue weighted by atomic mass is 10.0. The molecule has 0 spiro atoms. The first-order valence-corrected chi connectivity index (χ1v) is 7.62. The van der Waals surface area contributed by atoms with Gasteiger partial charge in [-0.3, -0.25) is 4.79 Å². The molecular formula is C17H24FNO. The third-order valence-corrected chi connectivity index (χ3v) is 4.31. The summed E-state index contributed by atoms with van der Waals surface area (Å²) in [5.41, 5.74) is 2.06. The van der Waals surface area contributed by atoms with Crippen molar-refractivity contribution in [2.24, 2.45) is 0 Å². The van der Waals surface area contributed by atoms with Crippen molar-refractivity contribution in [1.29, 1.82) is 0 Å². The molecule has 1 fully saturated rings. The fourth-order valence-electron chi connectivity index (χ4n) is 3.10. The van der Waals surface area contributed by atoms with E-state index in [9.17, 15) is 9.18 Å². The number of anilines is 1. The molecule has 0 saturated carbocycles. The van der Waals surface area contributed by atoms with E-state index in [1.165, 1.54) is 25.8 Å². The normalized spacial score (nSPS) is 19.8. The molecule has 20 heavy (non-hydrogen) atoms. The molecule has 0 N–H and O–H groups in total. The van der Waals surface area contributed by atoms with Gasteiger partial charge >= 0.3 is 0 Å². The van der Waals surface area contributed by atoms with E-state index in [0.717, 1.165) is 31.5 Å². The molecule has 1 aliphatic heterocycles. The molecule has 1 heterocycles. The number of benzene rings is 1. The van der Waals surface area contributed by atoms with Crippen molar-refractivity contribution in [2.75, 3.05) is 11.4 Å². The zero-order chi connectivity index (χ0) is 14.7. The summed E-state index contributed by atoms with van der Waals surface area (Å²) in [5, 5.41) is 0. The molecule has 1 saturated heterocycles. The molecule has 0 bridgehead atoms. The molecule has 0 aromatic heterocycles. The van der Waals surface area contributed by atoms with Gasteiger partial charge in [0.05, 0.1) is 0 Å². The van der Waals surface area contributed by atoms with E-state index in [1.807, 2.05) is 6.07 Å². The minimum atomic E-state index is -0.290. The van der Waals surface area contributed by atoms with Crippen molar-refractivity contribution in [2.45, 2.75) is 58.9 Å². The number of Topliss-reactive ketones (excluding diaryl/α,β-unsaturated/α-hetero) is 1. The second-order valence-electron chi connectivity index (χ2n) is 5.78. The summed E-state index contributed by atoms with van der Waals surface area (Å²) in [6.45, 7) is 6.44. The summed E-state index contributed by atoms with van der Waals surface area (Å²) in [7, 11) is 0. The Balaban J connectivity index is 2.47. The first kappa shape index (κ1) is 15.0. The number of rotatable bonds is 3. The molecule has 2 rings (SSSR count). The highest BCUT2D eigenvalue weighted by Crippen LogP contribution is 2.31. The highest BCUT2D eigenvalue weighted by Gasteiger charge is 2.24. The zero-order valence-electron chi connectivity index (χ0n) is 12.7. The van der Waals surface area contributed by atoms with Crippen molar-refractivity contribution in [3.63, 3.8) is 0 Å². The van der Waals surface area contributed by atoms with Crippen molar-refractivity contribution < 1.29 is 9.18 Å². The molecule has 1 atom stereocenters. The van der Waals surface area contributed by atoms with Crippen LogP contribution in [0.5, 0.6) is 0 Å². The number of ketones is 1. The SMILES string of the molecule is CCC1CCCCCN1c1cc(C)c(F)cc1C(C)=O. The van der Waals surface area contributed by atoms with Crippen LogP contribution in [0.25, 0.3) is 0 Å². The predicted molar refractivity (Wildman–Crippen MR) is 81.0 cm³/mol. The summed E-state index contributed by atoms with van der Waals surface area (Å²) in [6, 6.07) is 3.71. The molecule has 1 unspecified atom stereocenters. The monoisotopic (exact) mass is 277 g/mol. The maximum atomic E-state index is 13.8. The number of hydrogen-bond acceptors (Lipinski definition) is 2. The van der Waals surface area contributed by atoms with Crippen LogP contribution in [0.15, 0.2) is 12.1 Å². The van der Waals surface area contributed by atoms with Crippen LogP contribution in [0.1, 0.15) is 61.9 Å². The molecule has 3 heteroatoms. The smallest absolute Gasteiger partial charge is 0.161 e. The number of hydrogen-bond donors (Lipinski definition) is 0. The van der Waals surface area contributed by atoms with Crippen molar-refractivity contribution >= 4 is 11.5 Å². The van der Waals surface area contributed by atoms with Gasteiger partial charge in [-0.05, 0) is 50.8 Å².